The normalized spacial score (nSPS) is 19.1. The predicted octanol–water partition coefficient (Wildman–Crippen LogP) is 4.70. The Hall–Kier alpha value is -3.77. The highest BCUT2D eigenvalue weighted by molar-refractivity contribution is 6.51. The van der Waals surface area contributed by atoms with E-state index in [0.29, 0.717) is 33.3 Å². The van der Waals surface area contributed by atoms with Crippen LogP contribution in [0, 0.1) is 0 Å². The van der Waals surface area contributed by atoms with Gasteiger partial charge in [-0.2, -0.15) is 0 Å². The lowest BCUT2D eigenvalue weighted by atomic mass is 9.95. The van der Waals surface area contributed by atoms with Gasteiger partial charge in [0, 0.05) is 16.3 Å². The molecule has 6 nitrogen and oxygen atoms in total. The summed E-state index contributed by atoms with van der Waals surface area (Å²) in [6, 6.07) is 19.7. The first kappa shape index (κ1) is 19.2. The number of rotatable bonds is 3. The van der Waals surface area contributed by atoms with Crippen molar-refractivity contribution in [3.8, 4) is 11.5 Å². The molecule has 3 aromatic rings. The number of fused-ring (bicyclic) bond motifs is 1. The van der Waals surface area contributed by atoms with Crippen LogP contribution >= 0.6 is 11.6 Å². The first-order valence-electron chi connectivity index (χ1n) is 9.56. The van der Waals surface area contributed by atoms with Crippen molar-refractivity contribution >= 4 is 34.7 Å². The molecule has 0 aromatic heterocycles. The fraction of sp³-hybridized carbons (Fsp3) is 0.0833. The number of ether oxygens (including phenoxy) is 2. The molecule has 0 aliphatic carbocycles. The monoisotopic (exact) mass is 433 g/mol. The van der Waals surface area contributed by atoms with Crippen LogP contribution in [-0.4, -0.2) is 23.6 Å². The molecule has 154 valence electrons. The molecule has 31 heavy (non-hydrogen) atoms. The number of ketones is 1. The van der Waals surface area contributed by atoms with Crippen LogP contribution in [0.5, 0.6) is 11.5 Å². The van der Waals surface area contributed by atoms with E-state index >= 15 is 0 Å². The number of hydrogen-bond acceptors (Lipinski definition) is 5. The summed E-state index contributed by atoms with van der Waals surface area (Å²) in [5.41, 5.74) is 1.48. The number of aliphatic hydroxyl groups excluding tert-OH is 1. The smallest absolute Gasteiger partial charge is 0.300 e. The van der Waals surface area contributed by atoms with Gasteiger partial charge in [-0.25, -0.2) is 0 Å². The lowest BCUT2D eigenvalue weighted by Gasteiger charge is -2.25. The van der Waals surface area contributed by atoms with Gasteiger partial charge in [-0.15, -0.1) is 0 Å². The Morgan fingerprint density at radius 3 is 2.48 bits per heavy atom. The highest BCUT2D eigenvalue weighted by atomic mass is 35.5. The van der Waals surface area contributed by atoms with E-state index in [-0.39, 0.29) is 18.1 Å². The van der Waals surface area contributed by atoms with Crippen molar-refractivity contribution < 1.29 is 24.2 Å². The number of benzene rings is 3. The van der Waals surface area contributed by atoms with Crippen molar-refractivity contribution in [2.75, 3.05) is 11.7 Å². The summed E-state index contributed by atoms with van der Waals surface area (Å²) < 4.78 is 10.9. The van der Waals surface area contributed by atoms with Crippen LogP contribution in [0.15, 0.2) is 78.4 Å². The fourth-order valence-corrected chi connectivity index (χ4v) is 4.06. The van der Waals surface area contributed by atoms with Crippen molar-refractivity contribution in [1.82, 2.24) is 0 Å². The van der Waals surface area contributed by atoms with E-state index in [2.05, 4.69) is 0 Å². The van der Waals surface area contributed by atoms with Gasteiger partial charge in [-0.05, 0) is 35.9 Å². The van der Waals surface area contributed by atoms with Crippen molar-refractivity contribution in [2.24, 2.45) is 0 Å². The predicted molar refractivity (Wildman–Crippen MR) is 115 cm³/mol. The Kier molecular flexibility index (Phi) is 4.64. The molecule has 0 radical (unpaired) electrons. The second-order valence-electron chi connectivity index (χ2n) is 7.13. The maximum absolute atomic E-state index is 13.1. The summed E-state index contributed by atoms with van der Waals surface area (Å²) in [6.07, 6.45) is 0. The molecule has 0 spiro atoms. The molecule has 5 rings (SSSR count). The van der Waals surface area contributed by atoms with Crippen molar-refractivity contribution in [3.63, 3.8) is 0 Å². The van der Waals surface area contributed by atoms with Gasteiger partial charge < -0.3 is 14.6 Å². The van der Waals surface area contributed by atoms with Crippen LogP contribution in [0.4, 0.5) is 5.69 Å². The second-order valence-corrected chi connectivity index (χ2v) is 7.56. The van der Waals surface area contributed by atoms with Crippen LogP contribution in [-0.2, 0) is 9.59 Å². The van der Waals surface area contributed by atoms with Gasteiger partial charge in [0.2, 0.25) is 6.79 Å². The second kappa shape index (κ2) is 7.49. The van der Waals surface area contributed by atoms with E-state index in [1.54, 1.807) is 72.8 Å². The number of nitrogens with zero attached hydrogens (tertiary/aromatic N) is 1. The molecule has 1 atom stereocenters. The van der Waals surface area contributed by atoms with Gasteiger partial charge >= 0.3 is 0 Å². The van der Waals surface area contributed by atoms with E-state index in [1.165, 1.54) is 4.90 Å². The fourth-order valence-electron chi connectivity index (χ4n) is 3.87. The zero-order chi connectivity index (χ0) is 21.5. The van der Waals surface area contributed by atoms with Gasteiger partial charge in [0.1, 0.15) is 5.76 Å². The number of Topliss-reactive ketones (excluding diaryl/α,β-unsaturated/α-hetero) is 1. The minimum absolute atomic E-state index is 0.00459. The molecule has 3 aromatic carbocycles. The minimum Gasteiger partial charge on any atom is -0.507 e. The van der Waals surface area contributed by atoms with Crippen molar-refractivity contribution in [2.45, 2.75) is 6.04 Å². The Bertz CT molecular complexity index is 1240. The van der Waals surface area contributed by atoms with Crippen LogP contribution < -0.4 is 14.4 Å². The van der Waals surface area contributed by atoms with Crippen LogP contribution in [0.1, 0.15) is 17.2 Å². The van der Waals surface area contributed by atoms with E-state index < -0.39 is 17.7 Å². The standard InChI is InChI=1S/C24H16ClNO5/c25-16-7-4-8-17(12-16)26-21(15-9-10-18-19(11-15)31-13-30-18)20(23(28)24(26)29)22(27)14-5-2-1-3-6-14/h1-12,21,27H,13H2/b22-20+/t21-/m0/s1. The third-order valence-electron chi connectivity index (χ3n) is 5.29. The molecule has 1 fully saturated rings. The SMILES string of the molecule is O=C1C(=O)N(c2cccc(Cl)c2)[C@@H](c2ccc3c(c2)OCO3)/C1=C(\O)c1ccccc1. The summed E-state index contributed by atoms with van der Waals surface area (Å²) in [4.78, 5) is 27.6. The largest absolute Gasteiger partial charge is 0.507 e. The number of anilines is 1. The third-order valence-corrected chi connectivity index (χ3v) is 5.53. The molecule has 0 bridgehead atoms. The zero-order valence-corrected chi connectivity index (χ0v) is 16.9. The number of halogens is 1. The Labute approximate surface area is 182 Å². The quantitative estimate of drug-likeness (QED) is 0.368. The minimum atomic E-state index is -0.867. The van der Waals surface area contributed by atoms with E-state index in [9.17, 15) is 14.7 Å². The number of carbonyl (C=O) groups is 2. The lowest BCUT2D eigenvalue weighted by Crippen LogP contribution is -2.29. The van der Waals surface area contributed by atoms with Gasteiger partial charge in [0.05, 0.1) is 11.6 Å². The average molecular weight is 434 g/mol. The molecule has 2 heterocycles. The maximum Gasteiger partial charge on any atom is 0.300 e. The first-order chi connectivity index (χ1) is 15.0. The lowest BCUT2D eigenvalue weighted by molar-refractivity contribution is -0.132. The molecule has 2 aliphatic rings. The molecule has 0 unspecified atom stereocenters. The Morgan fingerprint density at radius 2 is 1.71 bits per heavy atom. The highest BCUT2D eigenvalue weighted by Crippen LogP contribution is 2.45. The van der Waals surface area contributed by atoms with Gasteiger partial charge in [-0.1, -0.05) is 54.1 Å². The van der Waals surface area contributed by atoms with E-state index in [0.717, 1.165) is 0 Å². The zero-order valence-electron chi connectivity index (χ0n) is 16.1. The molecular formula is C24H16ClNO5. The maximum atomic E-state index is 13.1. The van der Waals surface area contributed by atoms with Crippen molar-refractivity contribution in [1.29, 1.82) is 0 Å². The number of hydrogen-bond donors (Lipinski definition) is 1. The summed E-state index contributed by atoms with van der Waals surface area (Å²) >= 11 is 6.15. The van der Waals surface area contributed by atoms with E-state index in [4.69, 9.17) is 21.1 Å². The molecule has 1 N–H and O–H groups in total. The average Bonchev–Trinajstić information content (AvgIpc) is 3.36. The van der Waals surface area contributed by atoms with Crippen LogP contribution in [0.3, 0.4) is 0 Å². The van der Waals surface area contributed by atoms with Crippen molar-refractivity contribution in [3.05, 3.63) is 94.5 Å². The molecule has 7 heteroatoms. The summed E-state index contributed by atoms with van der Waals surface area (Å²) in [5.74, 6) is -0.682. The van der Waals surface area contributed by atoms with Gasteiger partial charge in [-0.3, -0.25) is 14.5 Å². The van der Waals surface area contributed by atoms with Crippen LogP contribution in [0.2, 0.25) is 5.02 Å². The number of carbonyl (C=O) groups excluding carboxylic acids is 2. The summed E-state index contributed by atoms with van der Waals surface area (Å²) in [6.45, 7) is 0.0945. The number of amides is 1. The molecule has 1 saturated heterocycles. The highest BCUT2D eigenvalue weighted by Gasteiger charge is 2.47. The number of aliphatic hydroxyl groups is 1. The van der Waals surface area contributed by atoms with E-state index in [1.807, 2.05) is 0 Å². The van der Waals surface area contributed by atoms with Crippen LogP contribution in [0.25, 0.3) is 5.76 Å². The Morgan fingerprint density at radius 1 is 0.935 bits per heavy atom. The first-order valence-corrected chi connectivity index (χ1v) is 9.94. The van der Waals surface area contributed by atoms with Gasteiger partial charge in [0.25, 0.3) is 11.7 Å². The summed E-state index contributed by atoms with van der Waals surface area (Å²) in [5, 5.41) is 11.5. The molecule has 0 saturated carbocycles. The van der Waals surface area contributed by atoms with Gasteiger partial charge in [0.15, 0.2) is 11.5 Å². The molecule has 1 amide bonds. The molecular weight excluding hydrogens is 418 g/mol. The third kappa shape index (κ3) is 3.21. The topological polar surface area (TPSA) is 76.1 Å². The summed E-state index contributed by atoms with van der Waals surface area (Å²) in [7, 11) is 0. The Balaban J connectivity index is 1.73. The molecule has 2 aliphatic heterocycles.